The first-order valence-electron chi connectivity index (χ1n) is 25.1. The molecule has 0 amide bonds. The summed E-state index contributed by atoms with van der Waals surface area (Å²) in [4.78, 5) is 37.9. The Labute approximate surface area is 355 Å². The van der Waals surface area contributed by atoms with Crippen LogP contribution in [0.4, 0.5) is 0 Å². The number of esters is 3. The van der Waals surface area contributed by atoms with Crippen molar-refractivity contribution in [2.45, 2.75) is 279 Å². The zero-order valence-electron chi connectivity index (χ0n) is 39.1. The lowest BCUT2D eigenvalue weighted by Gasteiger charge is -2.18. The van der Waals surface area contributed by atoms with Gasteiger partial charge in [-0.25, -0.2) is 0 Å². The number of carbonyl (C=O) groups is 3. The number of hydrogen-bond donors (Lipinski definition) is 0. The summed E-state index contributed by atoms with van der Waals surface area (Å²) in [6.45, 7) is 13.7. The van der Waals surface area contributed by atoms with E-state index in [9.17, 15) is 14.4 Å². The van der Waals surface area contributed by atoms with E-state index in [1.54, 1.807) is 0 Å². The smallest absolute Gasteiger partial charge is 0.306 e. The van der Waals surface area contributed by atoms with Gasteiger partial charge >= 0.3 is 17.9 Å². The maximum Gasteiger partial charge on any atom is 0.306 e. The van der Waals surface area contributed by atoms with Crippen LogP contribution in [-0.2, 0) is 28.6 Å². The number of unbranched alkanes of at least 4 members (excludes halogenated alkanes) is 27. The molecule has 0 aliphatic rings. The molecule has 0 N–H and O–H groups in total. The molecule has 0 saturated carbocycles. The summed E-state index contributed by atoms with van der Waals surface area (Å²) in [6.07, 6.45) is 40.9. The average Bonchev–Trinajstić information content (AvgIpc) is 3.16. The first kappa shape index (κ1) is 55.4. The van der Waals surface area contributed by atoms with Crippen LogP contribution in [0.25, 0.3) is 0 Å². The van der Waals surface area contributed by atoms with E-state index in [2.05, 4.69) is 41.5 Å². The summed E-state index contributed by atoms with van der Waals surface area (Å²) < 4.78 is 16.8. The predicted octanol–water partition coefficient (Wildman–Crippen LogP) is 16.0. The molecule has 0 heterocycles. The van der Waals surface area contributed by atoms with Crippen molar-refractivity contribution in [2.75, 3.05) is 13.2 Å². The van der Waals surface area contributed by atoms with Gasteiger partial charge in [-0.15, -0.1) is 0 Å². The van der Waals surface area contributed by atoms with Crippen molar-refractivity contribution in [1.82, 2.24) is 0 Å². The summed E-state index contributed by atoms with van der Waals surface area (Å²) in [5, 5.41) is 0. The molecule has 0 aromatic heterocycles. The van der Waals surface area contributed by atoms with Crippen LogP contribution in [0, 0.1) is 17.8 Å². The Bertz CT molecular complexity index is 883. The van der Waals surface area contributed by atoms with Crippen LogP contribution in [0.3, 0.4) is 0 Å². The number of hydrogen-bond acceptors (Lipinski definition) is 6. The Morgan fingerprint density at radius 3 is 0.754 bits per heavy atom. The highest BCUT2D eigenvalue weighted by Crippen LogP contribution is 2.17. The fraction of sp³-hybridized carbons (Fsp3) is 0.941. The average molecular weight is 807 g/mol. The Hall–Kier alpha value is -1.59. The Balaban J connectivity index is 4.33. The third-order valence-corrected chi connectivity index (χ3v) is 11.4. The monoisotopic (exact) mass is 807 g/mol. The maximum atomic E-state index is 12.8. The highest BCUT2D eigenvalue weighted by atomic mass is 16.6. The third-order valence-electron chi connectivity index (χ3n) is 11.4. The quantitative estimate of drug-likeness (QED) is 0.0347. The lowest BCUT2D eigenvalue weighted by atomic mass is 10.0. The lowest BCUT2D eigenvalue weighted by Crippen LogP contribution is -2.30. The van der Waals surface area contributed by atoms with Gasteiger partial charge in [-0.1, -0.05) is 234 Å². The molecule has 6 nitrogen and oxygen atoms in total. The molecule has 0 aromatic rings. The summed E-state index contributed by atoms with van der Waals surface area (Å²) in [5.41, 5.74) is 0. The van der Waals surface area contributed by atoms with E-state index in [-0.39, 0.29) is 31.1 Å². The molecule has 0 aliphatic heterocycles. The number of ether oxygens (including phenoxy) is 3. The van der Waals surface area contributed by atoms with Gasteiger partial charge in [0.2, 0.25) is 0 Å². The first-order valence-corrected chi connectivity index (χ1v) is 25.1. The van der Waals surface area contributed by atoms with Crippen LogP contribution < -0.4 is 0 Å². The molecule has 0 bridgehead atoms. The van der Waals surface area contributed by atoms with Gasteiger partial charge in [-0.05, 0) is 37.0 Å². The van der Waals surface area contributed by atoms with Gasteiger partial charge in [0.25, 0.3) is 0 Å². The molecular formula is C51H98O6. The van der Waals surface area contributed by atoms with E-state index in [1.165, 1.54) is 154 Å². The minimum Gasteiger partial charge on any atom is -0.462 e. The molecule has 0 unspecified atom stereocenters. The topological polar surface area (TPSA) is 78.9 Å². The van der Waals surface area contributed by atoms with Crippen molar-refractivity contribution in [3.05, 3.63) is 0 Å². The number of rotatable bonds is 44. The largest absolute Gasteiger partial charge is 0.462 e. The molecule has 0 spiro atoms. The van der Waals surface area contributed by atoms with E-state index in [1.807, 2.05) is 0 Å². The zero-order chi connectivity index (χ0) is 42.0. The Kier molecular flexibility index (Phi) is 41.3. The van der Waals surface area contributed by atoms with Crippen molar-refractivity contribution < 1.29 is 28.6 Å². The maximum absolute atomic E-state index is 12.8. The van der Waals surface area contributed by atoms with E-state index in [0.29, 0.717) is 19.3 Å². The first-order chi connectivity index (χ1) is 27.6. The van der Waals surface area contributed by atoms with Gasteiger partial charge in [-0.3, -0.25) is 14.4 Å². The van der Waals surface area contributed by atoms with Gasteiger partial charge in [0, 0.05) is 19.3 Å². The highest BCUT2D eigenvalue weighted by Gasteiger charge is 2.19. The van der Waals surface area contributed by atoms with Gasteiger partial charge in [0.15, 0.2) is 6.10 Å². The van der Waals surface area contributed by atoms with Crippen LogP contribution >= 0.6 is 0 Å². The second kappa shape index (κ2) is 42.5. The van der Waals surface area contributed by atoms with Gasteiger partial charge < -0.3 is 14.2 Å². The van der Waals surface area contributed by atoms with Crippen molar-refractivity contribution in [3.8, 4) is 0 Å². The molecule has 1 atom stereocenters. The summed E-state index contributed by atoms with van der Waals surface area (Å²) >= 11 is 0. The molecule has 57 heavy (non-hydrogen) atoms. The van der Waals surface area contributed by atoms with Crippen LogP contribution in [-0.4, -0.2) is 37.2 Å². The summed E-state index contributed by atoms with van der Waals surface area (Å²) in [7, 11) is 0. The standard InChI is InChI=1S/C51H98O6/c1-45(2)37-31-25-19-13-9-7-8-10-16-24-30-36-42-51(54)57-48(44-56-50(53)41-35-29-23-18-17-21-27-33-39-47(5)6)43-55-49(52)40-34-28-22-15-12-11-14-20-26-32-38-46(3)4/h45-48H,7-44H2,1-6H3/t48-/m0/s1. The molecule has 6 heteroatoms. The molecular weight excluding hydrogens is 709 g/mol. The Morgan fingerprint density at radius 1 is 0.298 bits per heavy atom. The Morgan fingerprint density at radius 2 is 0.509 bits per heavy atom. The molecule has 338 valence electrons. The minimum absolute atomic E-state index is 0.0653. The molecule has 0 radical (unpaired) electrons. The lowest BCUT2D eigenvalue weighted by molar-refractivity contribution is -0.167. The van der Waals surface area contributed by atoms with Crippen LogP contribution in [0.15, 0.2) is 0 Å². The highest BCUT2D eigenvalue weighted by molar-refractivity contribution is 5.71. The van der Waals surface area contributed by atoms with E-state index >= 15 is 0 Å². The second-order valence-corrected chi connectivity index (χ2v) is 18.9. The van der Waals surface area contributed by atoms with Gasteiger partial charge in [0.05, 0.1) is 0 Å². The van der Waals surface area contributed by atoms with Crippen LogP contribution in [0.1, 0.15) is 273 Å². The SMILES string of the molecule is CC(C)CCCCCCCCCCCCCCC(=O)O[C@@H](COC(=O)CCCCCCCCCCCCC(C)C)COC(=O)CCCCCCCCCCC(C)C. The van der Waals surface area contributed by atoms with Gasteiger partial charge in [0.1, 0.15) is 13.2 Å². The van der Waals surface area contributed by atoms with Crippen LogP contribution in [0.5, 0.6) is 0 Å². The third kappa shape index (κ3) is 45.3. The molecule has 0 aromatic carbocycles. The van der Waals surface area contributed by atoms with Crippen molar-refractivity contribution >= 4 is 17.9 Å². The summed E-state index contributed by atoms with van der Waals surface area (Å²) in [6, 6.07) is 0. The predicted molar refractivity (Wildman–Crippen MR) is 243 cm³/mol. The van der Waals surface area contributed by atoms with E-state index < -0.39 is 6.10 Å². The molecule has 0 rings (SSSR count). The summed E-state index contributed by atoms with van der Waals surface area (Å²) in [5.74, 6) is 1.59. The van der Waals surface area contributed by atoms with E-state index in [0.717, 1.165) is 75.5 Å². The van der Waals surface area contributed by atoms with E-state index in [4.69, 9.17) is 14.2 Å². The second-order valence-electron chi connectivity index (χ2n) is 18.9. The number of carbonyl (C=O) groups excluding carboxylic acids is 3. The fourth-order valence-corrected chi connectivity index (χ4v) is 7.59. The molecule has 0 saturated heterocycles. The van der Waals surface area contributed by atoms with Crippen LogP contribution in [0.2, 0.25) is 0 Å². The zero-order valence-corrected chi connectivity index (χ0v) is 39.1. The van der Waals surface area contributed by atoms with Gasteiger partial charge in [-0.2, -0.15) is 0 Å². The van der Waals surface area contributed by atoms with Crippen molar-refractivity contribution in [1.29, 1.82) is 0 Å². The van der Waals surface area contributed by atoms with Crippen molar-refractivity contribution in [2.24, 2.45) is 17.8 Å². The normalized spacial score (nSPS) is 12.2. The van der Waals surface area contributed by atoms with Crippen molar-refractivity contribution in [3.63, 3.8) is 0 Å². The molecule has 0 fully saturated rings. The minimum atomic E-state index is -0.762. The molecule has 0 aliphatic carbocycles. The fourth-order valence-electron chi connectivity index (χ4n) is 7.59.